The molecule has 2 aromatic rings. The molecule has 1 saturated heterocycles. The molecule has 0 saturated carbocycles. The number of rotatable bonds is 4. The zero-order chi connectivity index (χ0) is 17.6. The average Bonchev–Trinajstić information content (AvgIpc) is 3.19. The first-order valence-corrected chi connectivity index (χ1v) is 8.05. The average molecular weight is 337 g/mol. The van der Waals surface area contributed by atoms with E-state index in [4.69, 9.17) is 9.15 Å². The van der Waals surface area contributed by atoms with Gasteiger partial charge in [0.2, 0.25) is 0 Å². The van der Waals surface area contributed by atoms with E-state index in [0.717, 1.165) is 24.5 Å². The highest BCUT2D eigenvalue weighted by molar-refractivity contribution is 6.01. The smallest absolute Gasteiger partial charge is 0.264 e. The summed E-state index contributed by atoms with van der Waals surface area (Å²) >= 11 is 0. The lowest BCUT2D eigenvalue weighted by Gasteiger charge is -2.36. The van der Waals surface area contributed by atoms with Crippen molar-refractivity contribution in [2.75, 3.05) is 38.2 Å². The number of ether oxygens (including phenoxy) is 1. The first-order chi connectivity index (χ1) is 12.2. The predicted octanol–water partition coefficient (Wildman–Crippen LogP) is 2.54. The van der Waals surface area contributed by atoms with Gasteiger partial charge >= 0.3 is 0 Å². The van der Waals surface area contributed by atoms with Gasteiger partial charge in [-0.1, -0.05) is 0 Å². The Kier molecular flexibility index (Phi) is 5.05. The number of piperazine rings is 1. The fourth-order valence-corrected chi connectivity index (χ4v) is 2.79. The van der Waals surface area contributed by atoms with Gasteiger partial charge < -0.3 is 19.0 Å². The molecule has 6 nitrogen and oxygen atoms in total. The van der Waals surface area contributed by atoms with Gasteiger partial charge in [0.25, 0.3) is 5.91 Å². The maximum Gasteiger partial charge on any atom is 0.264 e. The first kappa shape index (κ1) is 16.7. The van der Waals surface area contributed by atoms with Gasteiger partial charge in [-0.05, 0) is 36.4 Å². The third-order valence-electron chi connectivity index (χ3n) is 4.19. The Labute approximate surface area is 146 Å². The van der Waals surface area contributed by atoms with Crippen LogP contribution < -0.4 is 9.64 Å². The Hall–Kier alpha value is -3.20. The first-order valence-electron chi connectivity index (χ1n) is 8.05. The molecule has 2 heterocycles. The van der Waals surface area contributed by atoms with Crippen LogP contribution >= 0.6 is 0 Å². The molecule has 25 heavy (non-hydrogen) atoms. The second-order valence-corrected chi connectivity index (χ2v) is 5.66. The number of hydrogen-bond acceptors (Lipinski definition) is 5. The van der Waals surface area contributed by atoms with Gasteiger partial charge in [0.1, 0.15) is 23.2 Å². The van der Waals surface area contributed by atoms with Crippen LogP contribution in [0, 0.1) is 11.3 Å². The van der Waals surface area contributed by atoms with Gasteiger partial charge in [-0.25, -0.2) is 0 Å². The van der Waals surface area contributed by atoms with Crippen LogP contribution in [0.25, 0.3) is 6.08 Å². The Morgan fingerprint density at radius 1 is 1.20 bits per heavy atom. The SMILES string of the molecule is COc1ccc(N2CCN(C(=O)/C(C#N)=C/c3ccco3)CC2)cc1. The fraction of sp³-hybridized carbons (Fsp3) is 0.263. The fourth-order valence-electron chi connectivity index (χ4n) is 2.79. The van der Waals surface area contributed by atoms with Crippen molar-refractivity contribution in [1.82, 2.24) is 4.90 Å². The van der Waals surface area contributed by atoms with E-state index >= 15 is 0 Å². The number of carbonyl (C=O) groups excluding carboxylic acids is 1. The summed E-state index contributed by atoms with van der Waals surface area (Å²) in [5.41, 5.74) is 1.19. The number of furan rings is 1. The van der Waals surface area contributed by atoms with Crippen LogP contribution in [0.4, 0.5) is 5.69 Å². The standard InChI is InChI=1S/C19H19N3O3/c1-24-17-6-4-16(5-7-17)21-8-10-22(11-9-21)19(23)15(14-20)13-18-3-2-12-25-18/h2-7,12-13H,8-11H2,1H3/b15-13+. The molecule has 1 aromatic heterocycles. The van der Waals surface area contributed by atoms with Crippen molar-refractivity contribution >= 4 is 17.7 Å². The summed E-state index contributed by atoms with van der Waals surface area (Å²) in [6.07, 6.45) is 3.00. The number of nitriles is 1. The second-order valence-electron chi connectivity index (χ2n) is 5.66. The molecular weight excluding hydrogens is 318 g/mol. The lowest BCUT2D eigenvalue weighted by Crippen LogP contribution is -2.49. The minimum Gasteiger partial charge on any atom is -0.497 e. The van der Waals surface area contributed by atoms with E-state index in [1.807, 2.05) is 30.3 Å². The van der Waals surface area contributed by atoms with Gasteiger partial charge in [-0.3, -0.25) is 4.79 Å². The lowest BCUT2D eigenvalue weighted by molar-refractivity contribution is -0.126. The molecule has 1 aliphatic heterocycles. The van der Waals surface area contributed by atoms with Crippen LogP contribution in [0.5, 0.6) is 5.75 Å². The van der Waals surface area contributed by atoms with E-state index in [2.05, 4.69) is 4.90 Å². The van der Waals surface area contributed by atoms with E-state index < -0.39 is 0 Å². The summed E-state index contributed by atoms with van der Waals surface area (Å²) in [7, 11) is 1.64. The van der Waals surface area contributed by atoms with Crippen LogP contribution in [0.2, 0.25) is 0 Å². The number of amides is 1. The van der Waals surface area contributed by atoms with Crippen molar-refractivity contribution in [1.29, 1.82) is 5.26 Å². The highest BCUT2D eigenvalue weighted by Gasteiger charge is 2.24. The maximum absolute atomic E-state index is 12.5. The quantitative estimate of drug-likeness (QED) is 0.633. The molecule has 3 rings (SSSR count). The van der Waals surface area contributed by atoms with Crippen molar-refractivity contribution in [3.05, 3.63) is 54.0 Å². The largest absolute Gasteiger partial charge is 0.497 e. The van der Waals surface area contributed by atoms with Crippen molar-refractivity contribution in [3.8, 4) is 11.8 Å². The maximum atomic E-state index is 12.5. The summed E-state index contributed by atoms with van der Waals surface area (Å²) < 4.78 is 10.4. The molecule has 0 atom stereocenters. The molecule has 0 unspecified atom stereocenters. The monoisotopic (exact) mass is 337 g/mol. The molecule has 1 aromatic carbocycles. The van der Waals surface area contributed by atoms with Crippen LogP contribution in [-0.2, 0) is 4.79 Å². The number of nitrogens with zero attached hydrogens (tertiary/aromatic N) is 3. The van der Waals surface area contributed by atoms with Crippen LogP contribution in [0.15, 0.2) is 52.7 Å². The van der Waals surface area contributed by atoms with Gasteiger partial charge in [-0.2, -0.15) is 5.26 Å². The van der Waals surface area contributed by atoms with E-state index in [0.29, 0.717) is 18.8 Å². The molecule has 0 bridgehead atoms. The molecule has 128 valence electrons. The molecule has 1 amide bonds. The summed E-state index contributed by atoms with van der Waals surface area (Å²) in [6.45, 7) is 2.58. The highest BCUT2D eigenvalue weighted by atomic mass is 16.5. The second kappa shape index (κ2) is 7.58. The third-order valence-corrected chi connectivity index (χ3v) is 4.19. The minimum absolute atomic E-state index is 0.0906. The van der Waals surface area contributed by atoms with Crippen LogP contribution in [-0.4, -0.2) is 44.1 Å². The molecular formula is C19H19N3O3. The van der Waals surface area contributed by atoms with Crippen LogP contribution in [0.1, 0.15) is 5.76 Å². The third kappa shape index (κ3) is 3.83. The van der Waals surface area contributed by atoms with E-state index in [-0.39, 0.29) is 11.5 Å². The van der Waals surface area contributed by atoms with E-state index in [1.165, 1.54) is 12.3 Å². The Morgan fingerprint density at radius 2 is 1.92 bits per heavy atom. The summed E-state index contributed by atoms with van der Waals surface area (Å²) in [5.74, 6) is 1.06. The van der Waals surface area contributed by atoms with Gasteiger partial charge in [0.05, 0.1) is 13.4 Å². The topological polar surface area (TPSA) is 69.7 Å². The molecule has 1 aliphatic rings. The van der Waals surface area contributed by atoms with Crippen molar-refractivity contribution < 1.29 is 13.9 Å². The van der Waals surface area contributed by atoms with Gasteiger partial charge in [0.15, 0.2) is 0 Å². The Morgan fingerprint density at radius 3 is 2.48 bits per heavy atom. The number of benzene rings is 1. The van der Waals surface area contributed by atoms with Gasteiger partial charge in [0, 0.05) is 37.9 Å². The summed E-state index contributed by atoms with van der Waals surface area (Å²) in [5, 5.41) is 9.28. The lowest BCUT2D eigenvalue weighted by atomic mass is 10.2. The number of hydrogen-bond donors (Lipinski definition) is 0. The van der Waals surface area contributed by atoms with E-state index in [9.17, 15) is 10.1 Å². The Bertz CT molecular complexity index is 780. The molecule has 0 radical (unpaired) electrons. The minimum atomic E-state index is -0.256. The predicted molar refractivity (Wildman–Crippen MR) is 94.1 cm³/mol. The summed E-state index contributed by atoms with van der Waals surface area (Å²) in [4.78, 5) is 16.5. The van der Waals surface area contributed by atoms with Crippen molar-refractivity contribution in [3.63, 3.8) is 0 Å². The zero-order valence-corrected chi connectivity index (χ0v) is 14.0. The zero-order valence-electron chi connectivity index (χ0n) is 14.0. The highest BCUT2D eigenvalue weighted by Crippen LogP contribution is 2.21. The van der Waals surface area contributed by atoms with Crippen LogP contribution in [0.3, 0.4) is 0 Å². The van der Waals surface area contributed by atoms with Crippen molar-refractivity contribution in [2.24, 2.45) is 0 Å². The van der Waals surface area contributed by atoms with Gasteiger partial charge in [-0.15, -0.1) is 0 Å². The van der Waals surface area contributed by atoms with E-state index in [1.54, 1.807) is 24.1 Å². The molecule has 0 N–H and O–H groups in total. The Balaban J connectivity index is 1.63. The molecule has 0 aliphatic carbocycles. The normalized spacial score (nSPS) is 15.0. The number of carbonyl (C=O) groups is 1. The number of anilines is 1. The summed E-state index contributed by atoms with van der Waals surface area (Å²) in [6, 6.07) is 13.3. The van der Waals surface area contributed by atoms with Crippen molar-refractivity contribution in [2.45, 2.75) is 0 Å². The molecule has 0 spiro atoms. The molecule has 6 heteroatoms. The number of methoxy groups -OCH3 is 1. The molecule has 1 fully saturated rings.